The third-order valence-electron chi connectivity index (χ3n) is 5.85. The monoisotopic (exact) mass is 405 g/mol. The number of nitrogens with one attached hydrogen (secondary N) is 2. The van der Waals surface area contributed by atoms with Crippen LogP contribution in [0.2, 0.25) is 0 Å². The van der Waals surface area contributed by atoms with Crippen molar-refractivity contribution >= 4 is 5.96 Å². The summed E-state index contributed by atoms with van der Waals surface area (Å²) in [6.07, 6.45) is 6.39. The summed E-state index contributed by atoms with van der Waals surface area (Å²) >= 11 is 0. The molecule has 2 saturated heterocycles. The van der Waals surface area contributed by atoms with Crippen LogP contribution in [0.1, 0.15) is 31.9 Å². The molecule has 0 unspecified atom stereocenters. The van der Waals surface area contributed by atoms with Crippen LogP contribution in [0.3, 0.4) is 0 Å². The summed E-state index contributed by atoms with van der Waals surface area (Å²) < 4.78 is 10.9. The number of ether oxygens (including phenoxy) is 1. The number of rotatable bonds is 10. The molecule has 2 aliphatic rings. The predicted octanol–water partition coefficient (Wildman–Crippen LogP) is 1.81. The maximum atomic E-state index is 5.43. The third kappa shape index (κ3) is 8.76. The van der Waals surface area contributed by atoms with Crippen LogP contribution in [0.5, 0.6) is 0 Å². The van der Waals surface area contributed by atoms with Gasteiger partial charge in [-0.2, -0.15) is 0 Å². The molecule has 29 heavy (non-hydrogen) atoms. The molecule has 3 heterocycles. The first-order valence-electron chi connectivity index (χ1n) is 11.4. The molecule has 0 aliphatic carbocycles. The Labute approximate surface area is 175 Å². The minimum absolute atomic E-state index is 0.820. The van der Waals surface area contributed by atoms with Gasteiger partial charge in [0.15, 0.2) is 5.96 Å². The van der Waals surface area contributed by atoms with Crippen LogP contribution < -0.4 is 10.6 Å². The number of nitrogens with zero attached hydrogens (tertiary/aromatic N) is 3. The highest BCUT2D eigenvalue weighted by atomic mass is 16.5. The summed E-state index contributed by atoms with van der Waals surface area (Å²) in [5, 5.41) is 6.97. The van der Waals surface area contributed by atoms with Gasteiger partial charge in [0.25, 0.3) is 0 Å². The van der Waals surface area contributed by atoms with Crippen molar-refractivity contribution in [2.45, 2.75) is 32.6 Å². The van der Waals surface area contributed by atoms with Crippen molar-refractivity contribution in [2.75, 3.05) is 72.1 Å². The van der Waals surface area contributed by atoms with E-state index in [0.29, 0.717) is 0 Å². The standard InChI is InChI=1S/C22H39N5O2/c1-20-6-12-26(13-7-20)11-3-8-23-22(24-9-5-21-4-2-17-29-21)25-10-14-27-15-18-28-19-16-27/h2,4,17,20H,3,5-16,18-19H2,1H3,(H2,23,24,25). The van der Waals surface area contributed by atoms with Gasteiger partial charge in [0.2, 0.25) is 0 Å². The van der Waals surface area contributed by atoms with Gasteiger partial charge in [0, 0.05) is 45.7 Å². The molecule has 0 aromatic carbocycles. The Morgan fingerprint density at radius 3 is 2.59 bits per heavy atom. The summed E-state index contributed by atoms with van der Waals surface area (Å²) in [7, 11) is 0. The largest absolute Gasteiger partial charge is 0.469 e. The second-order valence-electron chi connectivity index (χ2n) is 8.24. The first kappa shape index (κ1) is 22.1. The molecule has 0 atom stereocenters. The van der Waals surface area contributed by atoms with Crippen molar-refractivity contribution in [3.05, 3.63) is 24.2 Å². The molecule has 0 bridgehead atoms. The summed E-state index contributed by atoms with van der Waals surface area (Å²) in [4.78, 5) is 9.85. The SMILES string of the molecule is CC1CCN(CCCN=C(NCCc2ccco2)NCCN2CCOCC2)CC1. The lowest BCUT2D eigenvalue weighted by Crippen LogP contribution is -2.45. The lowest BCUT2D eigenvalue weighted by molar-refractivity contribution is 0.0389. The van der Waals surface area contributed by atoms with Gasteiger partial charge in [-0.05, 0) is 56.9 Å². The van der Waals surface area contributed by atoms with E-state index in [0.717, 1.165) is 89.5 Å². The molecule has 1 aromatic rings. The average molecular weight is 406 g/mol. The number of furan rings is 1. The Morgan fingerprint density at radius 2 is 1.83 bits per heavy atom. The number of likely N-dealkylation sites (tertiary alicyclic amines) is 1. The van der Waals surface area contributed by atoms with E-state index in [2.05, 4.69) is 27.4 Å². The fourth-order valence-electron chi connectivity index (χ4n) is 3.86. The van der Waals surface area contributed by atoms with Crippen LogP contribution in [0.25, 0.3) is 0 Å². The fourth-order valence-corrected chi connectivity index (χ4v) is 3.86. The third-order valence-corrected chi connectivity index (χ3v) is 5.85. The van der Waals surface area contributed by atoms with E-state index >= 15 is 0 Å². The molecule has 2 aliphatic heterocycles. The van der Waals surface area contributed by atoms with E-state index < -0.39 is 0 Å². The number of hydrogen-bond acceptors (Lipinski definition) is 5. The Morgan fingerprint density at radius 1 is 1.07 bits per heavy atom. The topological polar surface area (TPSA) is 65.3 Å². The number of piperidine rings is 1. The highest BCUT2D eigenvalue weighted by Crippen LogP contribution is 2.15. The molecule has 2 N–H and O–H groups in total. The summed E-state index contributed by atoms with van der Waals surface area (Å²) in [5.41, 5.74) is 0. The van der Waals surface area contributed by atoms with Gasteiger partial charge < -0.3 is 24.7 Å². The molecule has 0 amide bonds. The fraction of sp³-hybridized carbons (Fsp3) is 0.773. The number of hydrogen-bond donors (Lipinski definition) is 2. The van der Waals surface area contributed by atoms with E-state index in [4.69, 9.17) is 14.1 Å². The van der Waals surface area contributed by atoms with Gasteiger partial charge in [-0.3, -0.25) is 9.89 Å². The quantitative estimate of drug-likeness (QED) is 0.352. The minimum Gasteiger partial charge on any atom is -0.469 e. The maximum absolute atomic E-state index is 5.43. The lowest BCUT2D eigenvalue weighted by atomic mass is 9.99. The Hall–Kier alpha value is -1.57. The molecule has 164 valence electrons. The summed E-state index contributed by atoms with van der Waals surface area (Å²) in [6, 6.07) is 3.95. The van der Waals surface area contributed by atoms with Gasteiger partial charge in [-0.1, -0.05) is 6.92 Å². The molecule has 7 nitrogen and oxygen atoms in total. The summed E-state index contributed by atoms with van der Waals surface area (Å²) in [6.45, 7) is 13.4. The number of guanidine groups is 1. The van der Waals surface area contributed by atoms with E-state index in [1.54, 1.807) is 6.26 Å². The lowest BCUT2D eigenvalue weighted by Gasteiger charge is -2.29. The number of aliphatic imine (C=N–C) groups is 1. The highest BCUT2D eigenvalue weighted by molar-refractivity contribution is 5.79. The van der Waals surface area contributed by atoms with Gasteiger partial charge in [-0.25, -0.2) is 0 Å². The first-order chi connectivity index (χ1) is 14.3. The van der Waals surface area contributed by atoms with E-state index in [9.17, 15) is 0 Å². The van der Waals surface area contributed by atoms with Crippen LogP contribution in [0.4, 0.5) is 0 Å². The normalized spacial score (nSPS) is 20.1. The zero-order valence-corrected chi connectivity index (χ0v) is 18.1. The second kappa shape index (κ2) is 12.9. The van der Waals surface area contributed by atoms with Gasteiger partial charge in [0.05, 0.1) is 19.5 Å². The highest BCUT2D eigenvalue weighted by Gasteiger charge is 2.14. The van der Waals surface area contributed by atoms with Crippen molar-refractivity contribution in [1.29, 1.82) is 0 Å². The van der Waals surface area contributed by atoms with Gasteiger partial charge in [-0.15, -0.1) is 0 Å². The van der Waals surface area contributed by atoms with E-state index in [-0.39, 0.29) is 0 Å². The maximum Gasteiger partial charge on any atom is 0.191 e. The van der Waals surface area contributed by atoms with Crippen LogP contribution in [-0.4, -0.2) is 87.9 Å². The Bertz CT molecular complexity index is 564. The van der Waals surface area contributed by atoms with Crippen molar-refractivity contribution in [1.82, 2.24) is 20.4 Å². The average Bonchev–Trinajstić information content (AvgIpc) is 3.26. The molecule has 0 spiro atoms. The molecular weight excluding hydrogens is 366 g/mol. The van der Waals surface area contributed by atoms with Crippen molar-refractivity contribution in [3.8, 4) is 0 Å². The van der Waals surface area contributed by atoms with E-state index in [1.807, 2.05) is 12.1 Å². The second-order valence-corrected chi connectivity index (χ2v) is 8.24. The van der Waals surface area contributed by atoms with Crippen LogP contribution in [-0.2, 0) is 11.2 Å². The first-order valence-corrected chi connectivity index (χ1v) is 11.4. The number of morpholine rings is 1. The van der Waals surface area contributed by atoms with Crippen LogP contribution >= 0.6 is 0 Å². The molecule has 0 saturated carbocycles. The molecule has 3 rings (SSSR count). The van der Waals surface area contributed by atoms with Gasteiger partial charge >= 0.3 is 0 Å². The summed E-state index contributed by atoms with van der Waals surface area (Å²) in [5.74, 6) is 2.81. The van der Waals surface area contributed by atoms with Crippen LogP contribution in [0, 0.1) is 5.92 Å². The van der Waals surface area contributed by atoms with Crippen LogP contribution in [0.15, 0.2) is 27.8 Å². The molecule has 7 heteroatoms. The zero-order valence-electron chi connectivity index (χ0n) is 18.1. The van der Waals surface area contributed by atoms with Crippen molar-refractivity contribution < 1.29 is 9.15 Å². The van der Waals surface area contributed by atoms with Gasteiger partial charge in [0.1, 0.15) is 5.76 Å². The minimum atomic E-state index is 0.820. The molecule has 0 radical (unpaired) electrons. The molecule has 1 aromatic heterocycles. The predicted molar refractivity (Wildman–Crippen MR) is 117 cm³/mol. The van der Waals surface area contributed by atoms with Crippen molar-refractivity contribution in [2.24, 2.45) is 10.9 Å². The molecule has 2 fully saturated rings. The van der Waals surface area contributed by atoms with E-state index in [1.165, 1.54) is 25.9 Å². The molecular formula is C22H39N5O2. The Balaban J connectivity index is 1.37. The Kier molecular flexibility index (Phi) is 9.82. The zero-order chi connectivity index (χ0) is 20.2. The van der Waals surface area contributed by atoms with Crippen molar-refractivity contribution in [3.63, 3.8) is 0 Å². The smallest absolute Gasteiger partial charge is 0.191 e.